The molecule has 0 radical (unpaired) electrons. The van der Waals surface area contributed by atoms with E-state index in [-0.39, 0.29) is 11.4 Å². The molecule has 4 rings (SSSR count). The van der Waals surface area contributed by atoms with Gasteiger partial charge in [0.2, 0.25) is 5.88 Å². The second-order valence-electron chi connectivity index (χ2n) is 6.49. The number of aromatic hydroxyl groups is 1. The van der Waals surface area contributed by atoms with Crippen LogP contribution in [0.4, 0.5) is 5.69 Å². The lowest BCUT2D eigenvalue weighted by Gasteiger charge is -2.28. The van der Waals surface area contributed by atoms with Crippen LogP contribution >= 0.6 is 0 Å². The van der Waals surface area contributed by atoms with Crippen LogP contribution in [0.1, 0.15) is 22.7 Å². The summed E-state index contributed by atoms with van der Waals surface area (Å²) in [4.78, 5) is 26.8. The molecule has 0 spiro atoms. The molecular weight excluding hydrogens is 344 g/mol. The van der Waals surface area contributed by atoms with Crippen molar-refractivity contribution in [2.45, 2.75) is 6.04 Å². The predicted octanol–water partition coefficient (Wildman–Crippen LogP) is 1.72. The molecule has 2 heterocycles. The fraction of sp³-hybridized carbons (Fsp3) is 0.150. The number of aromatic nitrogens is 2. The summed E-state index contributed by atoms with van der Waals surface area (Å²) in [5.74, 6) is -0.157. The van der Waals surface area contributed by atoms with Crippen molar-refractivity contribution in [2.24, 2.45) is 14.1 Å². The van der Waals surface area contributed by atoms with Crippen LogP contribution in [0.3, 0.4) is 0 Å². The Bertz CT molecular complexity index is 1180. The zero-order valence-corrected chi connectivity index (χ0v) is 14.9. The molecule has 0 amide bonds. The van der Waals surface area contributed by atoms with Crippen LogP contribution in [0.5, 0.6) is 5.88 Å². The van der Waals surface area contributed by atoms with E-state index in [2.05, 4.69) is 0 Å². The van der Waals surface area contributed by atoms with Gasteiger partial charge >= 0.3 is 5.69 Å². The summed E-state index contributed by atoms with van der Waals surface area (Å²) < 4.78 is 2.02. The van der Waals surface area contributed by atoms with Crippen LogP contribution in [0.2, 0.25) is 0 Å². The van der Waals surface area contributed by atoms with Crippen molar-refractivity contribution in [3.8, 4) is 5.88 Å². The SMILES string of the molecule is Cn1c(O)c(C2c3ccccc3C(=N)N2c2ccccc2)c(=O)n(C)c1=O. The first-order chi connectivity index (χ1) is 12.9. The molecule has 27 heavy (non-hydrogen) atoms. The summed E-state index contributed by atoms with van der Waals surface area (Å²) in [5.41, 5.74) is 1.02. The van der Waals surface area contributed by atoms with Crippen molar-refractivity contribution >= 4 is 11.5 Å². The van der Waals surface area contributed by atoms with Crippen LogP contribution in [0, 0.1) is 5.41 Å². The summed E-state index contributed by atoms with van der Waals surface area (Å²) in [5, 5.41) is 19.3. The Hall–Kier alpha value is -3.61. The average Bonchev–Trinajstić information content (AvgIpc) is 2.98. The second kappa shape index (κ2) is 5.98. The van der Waals surface area contributed by atoms with E-state index in [0.717, 1.165) is 20.4 Å². The number of hydrogen-bond donors (Lipinski definition) is 2. The average molecular weight is 362 g/mol. The van der Waals surface area contributed by atoms with Gasteiger partial charge < -0.3 is 10.0 Å². The Balaban J connectivity index is 2.07. The normalized spacial score (nSPS) is 15.9. The molecule has 1 aliphatic heterocycles. The first kappa shape index (κ1) is 16.8. The Labute approximate surface area is 154 Å². The standard InChI is InChI=1S/C20H18N4O3/c1-22-18(25)15(19(26)23(2)20(22)27)16-13-10-6-7-11-14(13)17(21)24(16)12-8-4-3-5-9-12/h3-11,16,21,25H,1-2H3. The van der Waals surface area contributed by atoms with Gasteiger partial charge in [0.25, 0.3) is 5.56 Å². The lowest BCUT2D eigenvalue weighted by Crippen LogP contribution is -2.42. The second-order valence-corrected chi connectivity index (χ2v) is 6.49. The maximum Gasteiger partial charge on any atom is 0.333 e. The first-order valence-corrected chi connectivity index (χ1v) is 8.44. The van der Waals surface area contributed by atoms with E-state index >= 15 is 0 Å². The van der Waals surface area contributed by atoms with Gasteiger partial charge in [-0.3, -0.25) is 19.3 Å². The fourth-order valence-electron chi connectivity index (χ4n) is 3.60. The molecule has 1 unspecified atom stereocenters. The third-order valence-corrected chi connectivity index (χ3v) is 4.98. The topological polar surface area (TPSA) is 91.3 Å². The molecule has 0 fully saturated rings. The molecule has 3 aromatic rings. The minimum Gasteiger partial charge on any atom is -0.494 e. The van der Waals surface area contributed by atoms with Crippen molar-refractivity contribution in [3.05, 3.63) is 92.1 Å². The fourth-order valence-corrected chi connectivity index (χ4v) is 3.60. The molecule has 136 valence electrons. The minimum atomic E-state index is -0.707. The maximum atomic E-state index is 12.9. The number of nitrogens with one attached hydrogen (secondary N) is 1. The van der Waals surface area contributed by atoms with Crippen molar-refractivity contribution in [2.75, 3.05) is 4.90 Å². The van der Waals surface area contributed by atoms with E-state index in [1.807, 2.05) is 54.6 Å². The molecule has 0 saturated carbocycles. The third kappa shape index (κ3) is 2.32. The van der Waals surface area contributed by atoms with Gasteiger partial charge in [0.1, 0.15) is 11.4 Å². The van der Waals surface area contributed by atoms with Gasteiger partial charge in [0.15, 0.2) is 0 Å². The predicted molar refractivity (Wildman–Crippen MR) is 103 cm³/mol. The molecule has 1 aromatic heterocycles. The molecule has 1 atom stereocenters. The Morgan fingerprint density at radius 1 is 0.926 bits per heavy atom. The third-order valence-electron chi connectivity index (χ3n) is 4.98. The molecule has 7 heteroatoms. The van der Waals surface area contributed by atoms with Gasteiger partial charge in [-0.1, -0.05) is 42.5 Å². The van der Waals surface area contributed by atoms with E-state index in [1.54, 1.807) is 4.90 Å². The number of rotatable bonds is 2. The minimum absolute atomic E-state index is 0.0677. The van der Waals surface area contributed by atoms with Crippen LogP contribution < -0.4 is 16.1 Å². The zero-order valence-electron chi connectivity index (χ0n) is 14.9. The summed E-state index contributed by atoms with van der Waals surface area (Å²) in [7, 11) is 2.80. The maximum absolute atomic E-state index is 12.9. The summed E-state index contributed by atoms with van der Waals surface area (Å²) in [6, 6.07) is 15.9. The highest BCUT2D eigenvalue weighted by Gasteiger charge is 2.40. The summed E-state index contributed by atoms with van der Waals surface area (Å²) in [6.45, 7) is 0. The molecule has 0 saturated heterocycles. The number of hydrogen-bond acceptors (Lipinski definition) is 4. The first-order valence-electron chi connectivity index (χ1n) is 8.44. The Morgan fingerprint density at radius 3 is 2.26 bits per heavy atom. The number of amidine groups is 1. The molecule has 7 nitrogen and oxygen atoms in total. The van der Waals surface area contributed by atoms with Gasteiger partial charge in [-0.05, 0) is 17.7 Å². The number of fused-ring (bicyclic) bond motifs is 1. The number of benzene rings is 2. The summed E-state index contributed by atoms with van der Waals surface area (Å²) in [6.07, 6.45) is 0. The Kier molecular flexibility index (Phi) is 3.73. The van der Waals surface area contributed by atoms with Gasteiger partial charge in [-0.25, -0.2) is 4.79 Å². The van der Waals surface area contributed by atoms with E-state index in [9.17, 15) is 14.7 Å². The van der Waals surface area contributed by atoms with E-state index < -0.39 is 23.2 Å². The monoisotopic (exact) mass is 362 g/mol. The van der Waals surface area contributed by atoms with Gasteiger partial charge in [0, 0.05) is 25.3 Å². The Morgan fingerprint density at radius 2 is 1.56 bits per heavy atom. The summed E-state index contributed by atoms with van der Waals surface area (Å²) >= 11 is 0. The van der Waals surface area contributed by atoms with Crippen molar-refractivity contribution in [1.82, 2.24) is 9.13 Å². The van der Waals surface area contributed by atoms with Crippen LogP contribution in [0.15, 0.2) is 64.2 Å². The molecule has 1 aliphatic rings. The van der Waals surface area contributed by atoms with E-state index in [0.29, 0.717) is 5.56 Å². The zero-order chi connectivity index (χ0) is 19.3. The van der Waals surface area contributed by atoms with Gasteiger partial charge in [-0.15, -0.1) is 0 Å². The van der Waals surface area contributed by atoms with Crippen molar-refractivity contribution in [1.29, 1.82) is 5.41 Å². The molecular formula is C20H18N4O3. The van der Waals surface area contributed by atoms with Crippen LogP contribution in [-0.4, -0.2) is 20.1 Å². The van der Waals surface area contributed by atoms with Crippen molar-refractivity contribution in [3.63, 3.8) is 0 Å². The number of nitrogens with zero attached hydrogens (tertiary/aromatic N) is 3. The molecule has 2 N–H and O–H groups in total. The highest BCUT2D eigenvalue weighted by molar-refractivity contribution is 6.13. The number of anilines is 1. The van der Waals surface area contributed by atoms with Crippen molar-refractivity contribution < 1.29 is 5.11 Å². The molecule has 0 aliphatic carbocycles. The lowest BCUT2D eigenvalue weighted by atomic mass is 9.99. The van der Waals surface area contributed by atoms with E-state index in [1.165, 1.54) is 14.1 Å². The largest absolute Gasteiger partial charge is 0.494 e. The van der Waals surface area contributed by atoms with Crippen LogP contribution in [0.25, 0.3) is 0 Å². The lowest BCUT2D eigenvalue weighted by molar-refractivity contribution is 0.400. The van der Waals surface area contributed by atoms with Crippen LogP contribution in [-0.2, 0) is 14.1 Å². The highest BCUT2D eigenvalue weighted by Crippen LogP contribution is 2.42. The van der Waals surface area contributed by atoms with Gasteiger partial charge in [-0.2, -0.15) is 0 Å². The quantitative estimate of drug-likeness (QED) is 0.726. The van der Waals surface area contributed by atoms with E-state index in [4.69, 9.17) is 5.41 Å². The smallest absolute Gasteiger partial charge is 0.333 e. The molecule has 2 aromatic carbocycles. The molecule has 0 bridgehead atoms. The highest BCUT2D eigenvalue weighted by atomic mass is 16.3. The van der Waals surface area contributed by atoms with Gasteiger partial charge in [0.05, 0.1) is 6.04 Å². The number of para-hydroxylation sites is 1.